The molecule has 29 heavy (non-hydrogen) atoms. The first kappa shape index (κ1) is 19.2. The summed E-state index contributed by atoms with van der Waals surface area (Å²) in [5.41, 5.74) is 2.35. The van der Waals surface area contributed by atoms with Gasteiger partial charge in [0.25, 0.3) is 5.91 Å². The summed E-state index contributed by atoms with van der Waals surface area (Å²) in [5.74, 6) is 0.180. The lowest BCUT2D eigenvalue weighted by Gasteiger charge is -2.36. The lowest BCUT2D eigenvalue weighted by Crippen LogP contribution is -2.48. The second-order valence-electron chi connectivity index (χ2n) is 7.82. The number of pyridine rings is 1. The van der Waals surface area contributed by atoms with Crippen molar-refractivity contribution in [1.82, 2.24) is 30.0 Å². The highest BCUT2D eigenvalue weighted by Gasteiger charge is 2.28. The van der Waals surface area contributed by atoms with Crippen LogP contribution in [0.15, 0.2) is 36.9 Å². The number of aromatic amines is 1. The Balaban J connectivity index is 1.38. The topological polar surface area (TPSA) is 95.9 Å². The van der Waals surface area contributed by atoms with Crippen LogP contribution < -0.4 is 5.32 Å². The number of nitrogens with zero attached hydrogens (tertiary/aromatic N) is 4. The molecular formula is C21H26N6O2. The number of aryl methyl sites for hydroxylation is 1. The molecule has 2 amide bonds. The lowest BCUT2D eigenvalue weighted by atomic mass is 9.91. The Hall–Kier alpha value is -3.16. The quantitative estimate of drug-likeness (QED) is 0.693. The Kier molecular flexibility index (Phi) is 5.33. The molecule has 1 aliphatic rings. The van der Waals surface area contributed by atoms with Gasteiger partial charge in [0.15, 0.2) is 0 Å². The van der Waals surface area contributed by atoms with E-state index in [9.17, 15) is 9.59 Å². The zero-order valence-corrected chi connectivity index (χ0v) is 16.8. The SMILES string of the molecule is Cc1cnn(CC(=O)N2CCCC(C(C)NC(=O)c3ccnc4[nH]ccc34)C2)c1. The van der Waals surface area contributed by atoms with Crippen LogP contribution in [0.2, 0.25) is 0 Å². The van der Waals surface area contributed by atoms with E-state index in [0.29, 0.717) is 17.8 Å². The molecule has 2 atom stereocenters. The Labute approximate surface area is 169 Å². The van der Waals surface area contributed by atoms with Gasteiger partial charge in [-0.2, -0.15) is 5.10 Å². The number of carbonyl (C=O) groups is 2. The van der Waals surface area contributed by atoms with E-state index in [1.54, 1.807) is 29.3 Å². The zero-order valence-electron chi connectivity index (χ0n) is 16.8. The van der Waals surface area contributed by atoms with E-state index in [0.717, 1.165) is 30.3 Å². The fourth-order valence-corrected chi connectivity index (χ4v) is 4.00. The first-order valence-electron chi connectivity index (χ1n) is 10.0. The van der Waals surface area contributed by atoms with Crippen molar-refractivity contribution in [3.05, 3.63) is 48.0 Å². The molecule has 4 heterocycles. The number of fused-ring (bicyclic) bond motifs is 1. The van der Waals surface area contributed by atoms with Crippen molar-refractivity contribution < 1.29 is 9.59 Å². The number of aromatic nitrogens is 4. The van der Waals surface area contributed by atoms with Crippen LogP contribution in [-0.2, 0) is 11.3 Å². The summed E-state index contributed by atoms with van der Waals surface area (Å²) in [6, 6.07) is 3.56. The number of likely N-dealkylation sites (tertiary alicyclic amines) is 1. The normalized spacial score (nSPS) is 18.0. The highest BCUT2D eigenvalue weighted by atomic mass is 16.2. The molecule has 3 aromatic rings. The van der Waals surface area contributed by atoms with E-state index < -0.39 is 0 Å². The number of hydrogen-bond donors (Lipinski definition) is 2. The minimum Gasteiger partial charge on any atom is -0.349 e. The Bertz CT molecular complexity index is 1020. The summed E-state index contributed by atoms with van der Waals surface area (Å²) in [5, 5.41) is 8.14. The highest BCUT2D eigenvalue weighted by Crippen LogP contribution is 2.21. The van der Waals surface area contributed by atoms with Crippen molar-refractivity contribution in [2.45, 2.75) is 39.3 Å². The third kappa shape index (κ3) is 4.16. The van der Waals surface area contributed by atoms with E-state index in [2.05, 4.69) is 20.4 Å². The van der Waals surface area contributed by atoms with Gasteiger partial charge < -0.3 is 15.2 Å². The van der Waals surface area contributed by atoms with Crippen LogP contribution in [0.4, 0.5) is 0 Å². The molecule has 0 bridgehead atoms. The summed E-state index contributed by atoms with van der Waals surface area (Å²) in [4.78, 5) is 34.7. The molecule has 0 radical (unpaired) electrons. The molecule has 0 aliphatic carbocycles. The molecule has 8 nitrogen and oxygen atoms in total. The second-order valence-corrected chi connectivity index (χ2v) is 7.82. The number of hydrogen-bond acceptors (Lipinski definition) is 4. The van der Waals surface area contributed by atoms with Gasteiger partial charge in [-0.25, -0.2) is 4.98 Å². The molecule has 2 N–H and O–H groups in total. The number of piperidine rings is 1. The van der Waals surface area contributed by atoms with Gasteiger partial charge in [0.1, 0.15) is 12.2 Å². The molecule has 0 spiro atoms. The predicted molar refractivity (Wildman–Crippen MR) is 109 cm³/mol. The number of amides is 2. The fourth-order valence-electron chi connectivity index (χ4n) is 4.00. The van der Waals surface area contributed by atoms with Crippen LogP contribution in [0, 0.1) is 12.8 Å². The highest BCUT2D eigenvalue weighted by molar-refractivity contribution is 6.05. The Morgan fingerprint density at radius 3 is 3.03 bits per heavy atom. The van der Waals surface area contributed by atoms with Crippen LogP contribution >= 0.6 is 0 Å². The maximum absolute atomic E-state index is 12.8. The van der Waals surface area contributed by atoms with Crippen LogP contribution in [-0.4, -0.2) is 55.6 Å². The van der Waals surface area contributed by atoms with Crippen molar-refractivity contribution >= 4 is 22.8 Å². The lowest BCUT2D eigenvalue weighted by molar-refractivity contribution is -0.134. The van der Waals surface area contributed by atoms with Gasteiger partial charge in [0, 0.05) is 43.1 Å². The fraction of sp³-hybridized carbons (Fsp3) is 0.429. The molecule has 1 saturated heterocycles. The van der Waals surface area contributed by atoms with Crippen LogP contribution in [0.3, 0.4) is 0 Å². The van der Waals surface area contributed by atoms with Crippen LogP contribution in [0.1, 0.15) is 35.7 Å². The summed E-state index contributed by atoms with van der Waals surface area (Å²) in [6.45, 7) is 5.63. The molecule has 2 unspecified atom stereocenters. The number of carbonyl (C=O) groups excluding carboxylic acids is 2. The standard InChI is InChI=1S/C21H26N6O2/c1-14-10-24-27(11-14)13-19(28)26-9-3-4-16(12-26)15(2)25-21(29)18-6-8-23-20-17(18)5-7-22-20/h5-8,10-11,15-16H,3-4,9,12-13H2,1-2H3,(H,22,23)(H,25,29). The Morgan fingerprint density at radius 2 is 2.24 bits per heavy atom. The average molecular weight is 394 g/mol. The monoisotopic (exact) mass is 394 g/mol. The van der Waals surface area contributed by atoms with Gasteiger partial charge in [0.05, 0.1) is 11.8 Å². The molecular weight excluding hydrogens is 368 g/mol. The maximum atomic E-state index is 12.8. The summed E-state index contributed by atoms with van der Waals surface area (Å²) in [7, 11) is 0. The van der Waals surface area contributed by atoms with Crippen molar-refractivity contribution in [1.29, 1.82) is 0 Å². The van der Waals surface area contributed by atoms with Crippen molar-refractivity contribution in [3.63, 3.8) is 0 Å². The largest absolute Gasteiger partial charge is 0.349 e. The molecule has 1 fully saturated rings. The van der Waals surface area contributed by atoms with E-state index in [1.807, 2.05) is 31.0 Å². The molecule has 152 valence electrons. The van der Waals surface area contributed by atoms with Gasteiger partial charge in [-0.05, 0) is 50.3 Å². The zero-order chi connectivity index (χ0) is 20.4. The first-order chi connectivity index (χ1) is 14.0. The molecule has 0 aromatic carbocycles. The number of H-pyrrole nitrogens is 1. The molecule has 4 rings (SSSR count). The smallest absolute Gasteiger partial charge is 0.252 e. The van der Waals surface area contributed by atoms with E-state index in [1.165, 1.54) is 0 Å². The van der Waals surface area contributed by atoms with Gasteiger partial charge in [-0.3, -0.25) is 14.3 Å². The first-order valence-corrected chi connectivity index (χ1v) is 10.0. The molecule has 1 aliphatic heterocycles. The predicted octanol–water partition coefficient (Wildman–Crippen LogP) is 2.12. The van der Waals surface area contributed by atoms with Gasteiger partial charge in [-0.15, -0.1) is 0 Å². The maximum Gasteiger partial charge on any atom is 0.252 e. The van der Waals surface area contributed by atoms with Gasteiger partial charge >= 0.3 is 0 Å². The number of rotatable bonds is 5. The van der Waals surface area contributed by atoms with Crippen LogP contribution in [0.5, 0.6) is 0 Å². The van der Waals surface area contributed by atoms with E-state index >= 15 is 0 Å². The minimum atomic E-state index is -0.111. The molecule has 8 heteroatoms. The van der Waals surface area contributed by atoms with Crippen molar-refractivity contribution in [2.24, 2.45) is 5.92 Å². The summed E-state index contributed by atoms with van der Waals surface area (Å²) < 4.78 is 1.68. The third-order valence-electron chi connectivity index (χ3n) is 5.64. The third-order valence-corrected chi connectivity index (χ3v) is 5.64. The minimum absolute atomic E-state index is 0.0350. The Morgan fingerprint density at radius 1 is 1.38 bits per heavy atom. The molecule has 0 saturated carbocycles. The summed E-state index contributed by atoms with van der Waals surface area (Å²) >= 11 is 0. The van der Waals surface area contributed by atoms with E-state index in [-0.39, 0.29) is 30.3 Å². The summed E-state index contributed by atoms with van der Waals surface area (Å²) in [6.07, 6.45) is 8.97. The van der Waals surface area contributed by atoms with Crippen molar-refractivity contribution in [2.75, 3.05) is 13.1 Å². The van der Waals surface area contributed by atoms with Gasteiger partial charge in [0.2, 0.25) is 5.91 Å². The van der Waals surface area contributed by atoms with Crippen LogP contribution in [0.25, 0.3) is 11.0 Å². The van der Waals surface area contributed by atoms with Gasteiger partial charge in [-0.1, -0.05) is 0 Å². The number of nitrogens with one attached hydrogen (secondary N) is 2. The second kappa shape index (κ2) is 8.06. The average Bonchev–Trinajstić information content (AvgIpc) is 3.36. The van der Waals surface area contributed by atoms with Crippen molar-refractivity contribution in [3.8, 4) is 0 Å². The molecule has 3 aromatic heterocycles. The van der Waals surface area contributed by atoms with E-state index in [4.69, 9.17) is 0 Å².